The van der Waals surface area contributed by atoms with E-state index in [-0.39, 0.29) is 22.2 Å². The molecule has 0 bridgehead atoms. The Bertz CT molecular complexity index is 1070. The van der Waals surface area contributed by atoms with E-state index in [0.717, 1.165) is 28.4 Å². The van der Waals surface area contributed by atoms with Crippen LogP contribution in [0.1, 0.15) is 0 Å². The van der Waals surface area contributed by atoms with E-state index in [9.17, 15) is 21.6 Å². The van der Waals surface area contributed by atoms with Crippen LogP contribution < -0.4 is 4.74 Å². The number of hydrogen-bond acceptors (Lipinski definition) is 7. The molecule has 1 aromatic heterocycles. The summed E-state index contributed by atoms with van der Waals surface area (Å²) in [7, 11) is -3.47. The van der Waals surface area contributed by atoms with Crippen molar-refractivity contribution < 1.29 is 26.3 Å². The van der Waals surface area contributed by atoms with E-state index in [1.165, 1.54) is 28.9 Å². The van der Waals surface area contributed by atoms with E-state index >= 15 is 0 Å². The molecule has 0 atom stereocenters. The molecule has 2 aromatic carbocycles. The number of halogens is 4. The molecule has 0 radical (unpaired) electrons. The van der Waals surface area contributed by atoms with Crippen LogP contribution in [0.5, 0.6) is 5.75 Å². The molecule has 0 unspecified atom stereocenters. The number of alkyl halides is 3. The Kier molecular flexibility index (Phi) is 6.49. The lowest BCUT2D eigenvalue weighted by molar-refractivity contribution is -0.274. The fourth-order valence-corrected chi connectivity index (χ4v) is 5.03. The fourth-order valence-electron chi connectivity index (χ4n) is 2.22. The van der Waals surface area contributed by atoms with Gasteiger partial charge in [-0.3, -0.25) is 0 Å². The van der Waals surface area contributed by atoms with Crippen molar-refractivity contribution in [2.24, 2.45) is 0 Å². The molecule has 0 saturated carbocycles. The Balaban J connectivity index is 1.65. The SMILES string of the molecule is O=S(=O)(CCSc1nnnn1-c1ccc(OC(F)(F)F)cc1)c1ccc(Br)cc1. The minimum Gasteiger partial charge on any atom is -0.406 e. The van der Waals surface area contributed by atoms with Gasteiger partial charge in [-0.15, -0.1) is 18.3 Å². The van der Waals surface area contributed by atoms with Crippen molar-refractivity contribution >= 4 is 37.5 Å². The highest BCUT2D eigenvalue weighted by Crippen LogP contribution is 2.25. The van der Waals surface area contributed by atoms with E-state index in [2.05, 4.69) is 36.2 Å². The molecular formula is C16H12BrF3N4O3S2. The second-order valence-electron chi connectivity index (χ2n) is 5.54. The molecule has 0 amide bonds. The Morgan fingerprint density at radius 3 is 2.34 bits per heavy atom. The van der Waals surface area contributed by atoms with Crippen LogP contribution in [0.2, 0.25) is 0 Å². The lowest BCUT2D eigenvalue weighted by atomic mass is 10.3. The minimum absolute atomic E-state index is 0.134. The van der Waals surface area contributed by atoms with Crippen molar-refractivity contribution in [1.29, 1.82) is 0 Å². The maximum absolute atomic E-state index is 12.4. The third-order valence-electron chi connectivity index (χ3n) is 3.51. The van der Waals surface area contributed by atoms with Crippen LogP contribution in [0.3, 0.4) is 0 Å². The zero-order valence-corrected chi connectivity index (χ0v) is 17.6. The van der Waals surface area contributed by atoms with E-state index in [0.29, 0.717) is 10.8 Å². The molecule has 1 heterocycles. The molecule has 0 N–H and O–H groups in total. The van der Waals surface area contributed by atoms with E-state index in [1.54, 1.807) is 12.1 Å². The predicted octanol–water partition coefficient (Wildman–Crippen LogP) is 3.89. The molecule has 0 aliphatic rings. The third-order valence-corrected chi connectivity index (χ3v) is 6.95. The number of benzene rings is 2. The number of aromatic nitrogens is 4. The Morgan fingerprint density at radius 2 is 1.72 bits per heavy atom. The summed E-state index contributed by atoms with van der Waals surface area (Å²) in [6.45, 7) is 0. The highest BCUT2D eigenvalue weighted by molar-refractivity contribution is 9.10. The van der Waals surface area contributed by atoms with Crippen molar-refractivity contribution in [3.8, 4) is 11.4 Å². The lowest BCUT2D eigenvalue weighted by Gasteiger charge is -2.09. The molecule has 0 aliphatic heterocycles. The summed E-state index contributed by atoms with van der Waals surface area (Å²) < 4.78 is 67.4. The van der Waals surface area contributed by atoms with Gasteiger partial charge in [0.25, 0.3) is 0 Å². The summed E-state index contributed by atoms with van der Waals surface area (Å²) in [5, 5.41) is 11.5. The Labute approximate surface area is 176 Å². The quantitative estimate of drug-likeness (QED) is 0.447. The molecule has 29 heavy (non-hydrogen) atoms. The second-order valence-corrected chi connectivity index (χ2v) is 9.62. The summed E-state index contributed by atoms with van der Waals surface area (Å²) in [6, 6.07) is 11.3. The number of nitrogens with zero attached hydrogens (tertiary/aromatic N) is 4. The topological polar surface area (TPSA) is 87.0 Å². The minimum atomic E-state index is -4.78. The monoisotopic (exact) mass is 508 g/mol. The van der Waals surface area contributed by atoms with Gasteiger partial charge in [0, 0.05) is 10.2 Å². The van der Waals surface area contributed by atoms with E-state index in [1.807, 2.05) is 0 Å². The zero-order valence-electron chi connectivity index (χ0n) is 14.4. The number of hydrogen-bond donors (Lipinski definition) is 0. The number of thioether (sulfide) groups is 1. The Morgan fingerprint density at radius 1 is 1.07 bits per heavy atom. The van der Waals surface area contributed by atoms with E-state index in [4.69, 9.17) is 0 Å². The van der Waals surface area contributed by atoms with Crippen LogP contribution in [-0.4, -0.2) is 46.5 Å². The normalized spacial score (nSPS) is 12.1. The average Bonchev–Trinajstić information content (AvgIpc) is 3.10. The van der Waals surface area contributed by atoms with Crippen molar-refractivity contribution in [1.82, 2.24) is 20.2 Å². The molecule has 3 rings (SSSR count). The van der Waals surface area contributed by atoms with Crippen molar-refractivity contribution in [2.45, 2.75) is 16.4 Å². The first kappa shape index (κ1) is 21.6. The average molecular weight is 509 g/mol. The Hall–Kier alpha value is -2.12. The highest BCUT2D eigenvalue weighted by atomic mass is 79.9. The van der Waals surface area contributed by atoms with Crippen LogP contribution in [0.25, 0.3) is 5.69 Å². The molecule has 0 spiro atoms. The molecule has 13 heteroatoms. The molecule has 0 aliphatic carbocycles. The van der Waals surface area contributed by atoms with Gasteiger partial charge in [-0.1, -0.05) is 27.7 Å². The summed E-state index contributed by atoms with van der Waals surface area (Å²) >= 11 is 4.37. The maximum atomic E-state index is 12.4. The summed E-state index contributed by atoms with van der Waals surface area (Å²) in [5.74, 6) is -0.317. The predicted molar refractivity (Wildman–Crippen MR) is 103 cm³/mol. The van der Waals surface area contributed by atoms with Crippen LogP contribution >= 0.6 is 27.7 Å². The second kappa shape index (κ2) is 8.71. The van der Waals surface area contributed by atoms with Crippen LogP contribution in [0.4, 0.5) is 13.2 Å². The molecule has 3 aromatic rings. The lowest BCUT2D eigenvalue weighted by Crippen LogP contribution is -2.17. The first-order valence-electron chi connectivity index (χ1n) is 7.90. The maximum Gasteiger partial charge on any atom is 0.573 e. The number of sulfone groups is 1. The summed E-state index contributed by atoms with van der Waals surface area (Å²) in [4.78, 5) is 0.209. The highest BCUT2D eigenvalue weighted by Gasteiger charge is 2.31. The van der Waals surface area contributed by atoms with Gasteiger partial charge in [-0.2, -0.15) is 4.68 Å². The smallest absolute Gasteiger partial charge is 0.406 e. The van der Waals surface area contributed by atoms with Crippen LogP contribution in [0.15, 0.2) is 63.1 Å². The van der Waals surface area contributed by atoms with Crippen molar-refractivity contribution in [2.75, 3.05) is 11.5 Å². The summed E-state index contributed by atoms with van der Waals surface area (Å²) in [6.07, 6.45) is -4.78. The largest absolute Gasteiger partial charge is 0.573 e. The van der Waals surface area contributed by atoms with Crippen LogP contribution in [-0.2, 0) is 9.84 Å². The van der Waals surface area contributed by atoms with Crippen molar-refractivity contribution in [3.05, 3.63) is 53.0 Å². The molecule has 0 saturated heterocycles. The van der Waals surface area contributed by atoms with Gasteiger partial charge in [-0.05, 0) is 59.0 Å². The van der Waals surface area contributed by atoms with Gasteiger partial charge in [0.1, 0.15) is 5.75 Å². The van der Waals surface area contributed by atoms with E-state index < -0.39 is 16.2 Å². The fraction of sp³-hybridized carbons (Fsp3) is 0.188. The number of ether oxygens (including phenoxy) is 1. The van der Waals surface area contributed by atoms with Gasteiger partial charge in [0.2, 0.25) is 5.16 Å². The van der Waals surface area contributed by atoms with Gasteiger partial charge < -0.3 is 4.74 Å². The molecule has 7 nitrogen and oxygen atoms in total. The third kappa shape index (κ3) is 5.93. The van der Waals surface area contributed by atoms with Gasteiger partial charge >= 0.3 is 6.36 Å². The van der Waals surface area contributed by atoms with Gasteiger partial charge in [0.05, 0.1) is 16.3 Å². The molecular weight excluding hydrogens is 497 g/mol. The van der Waals surface area contributed by atoms with Crippen LogP contribution in [0, 0.1) is 0 Å². The first-order valence-corrected chi connectivity index (χ1v) is 11.3. The number of rotatable bonds is 7. The standard InChI is InChI=1S/C16H12BrF3N4O3S2/c17-11-1-7-14(8-2-11)29(25,26)10-9-28-15-21-22-23-24(15)12-3-5-13(6-4-12)27-16(18,19)20/h1-8H,9-10H2. The first-order chi connectivity index (χ1) is 13.6. The number of tetrazole rings is 1. The molecule has 0 fully saturated rings. The van der Waals surface area contributed by atoms with Gasteiger partial charge in [0.15, 0.2) is 9.84 Å². The van der Waals surface area contributed by atoms with Gasteiger partial charge in [-0.25, -0.2) is 8.42 Å². The van der Waals surface area contributed by atoms with Crippen molar-refractivity contribution in [3.63, 3.8) is 0 Å². The zero-order chi connectivity index (χ0) is 21.1. The summed E-state index contributed by atoms with van der Waals surface area (Å²) in [5.41, 5.74) is 0.405. The molecule has 154 valence electrons.